The fraction of sp³-hybridized carbons (Fsp3) is 0.472. The van der Waals surface area contributed by atoms with Crippen molar-refractivity contribution in [2.45, 2.75) is 59.5 Å². The van der Waals surface area contributed by atoms with Crippen molar-refractivity contribution in [1.29, 1.82) is 0 Å². The number of rotatable bonds is 5. The molecular formula is C36H46FN5O4. The summed E-state index contributed by atoms with van der Waals surface area (Å²) in [7, 11) is 5.52. The highest BCUT2D eigenvalue weighted by atomic mass is 19.1. The van der Waals surface area contributed by atoms with Crippen molar-refractivity contribution < 1.29 is 23.8 Å². The van der Waals surface area contributed by atoms with Crippen LogP contribution < -0.4 is 9.64 Å². The van der Waals surface area contributed by atoms with Gasteiger partial charge in [-0.3, -0.25) is 4.79 Å². The average molecular weight is 632 g/mol. The smallest absolute Gasteiger partial charge is 0.310 e. The van der Waals surface area contributed by atoms with E-state index < -0.39 is 5.60 Å². The van der Waals surface area contributed by atoms with E-state index >= 15 is 4.39 Å². The fourth-order valence-electron chi connectivity index (χ4n) is 6.20. The minimum atomic E-state index is -0.500. The number of pyridine rings is 2. The highest BCUT2D eigenvalue weighted by Gasteiger charge is 2.27. The summed E-state index contributed by atoms with van der Waals surface area (Å²) >= 11 is 0. The van der Waals surface area contributed by atoms with Crippen LogP contribution in [-0.2, 0) is 29.4 Å². The second kappa shape index (κ2) is 13.4. The van der Waals surface area contributed by atoms with Crippen molar-refractivity contribution in [3.8, 4) is 28.1 Å². The number of esters is 1. The molecule has 4 aromatic rings. The summed E-state index contributed by atoms with van der Waals surface area (Å²) in [6.07, 6.45) is 3.48. The van der Waals surface area contributed by atoms with Gasteiger partial charge in [-0.2, -0.15) is 0 Å². The molecule has 9 nitrogen and oxygen atoms in total. The van der Waals surface area contributed by atoms with Gasteiger partial charge in [-0.1, -0.05) is 0 Å². The Morgan fingerprint density at radius 1 is 1.11 bits per heavy atom. The van der Waals surface area contributed by atoms with Crippen LogP contribution in [0.2, 0.25) is 0 Å². The molecule has 0 bridgehead atoms. The first-order valence-corrected chi connectivity index (χ1v) is 15.9. The summed E-state index contributed by atoms with van der Waals surface area (Å²) in [5.41, 5.74) is 7.15. The molecule has 246 valence electrons. The molecule has 0 atom stereocenters. The number of aromatic nitrogens is 3. The number of hydrogen-bond donors (Lipinski definition) is 1. The van der Waals surface area contributed by atoms with Crippen LogP contribution in [0.25, 0.3) is 33.4 Å². The lowest BCUT2D eigenvalue weighted by molar-refractivity contribution is -0.139. The molecule has 1 fully saturated rings. The summed E-state index contributed by atoms with van der Waals surface area (Å²) in [5.74, 6) is 0.547. The van der Waals surface area contributed by atoms with Crippen molar-refractivity contribution in [2.75, 3.05) is 51.8 Å². The molecule has 1 saturated heterocycles. The van der Waals surface area contributed by atoms with Crippen LogP contribution in [0.5, 0.6) is 5.75 Å². The predicted molar refractivity (Wildman–Crippen MR) is 180 cm³/mol. The number of halogens is 1. The normalized spacial score (nSPS) is 15.2. The van der Waals surface area contributed by atoms with Gasteiger partial charge in [-0.05, 0) is 101 Å². The first-order chi connectivity index (χ1) is 21.8. The maximum Gasteiger partial charge on any atom is 0.310 e. The number of anilines is 1. The van der Waals surface area contributed by atoms with Crippen LogP contribution in [0, 0.1) is 19.7 Å². The third kappa shape index (κ3) is 7.03. The van der Waals surface area contributed by atoms with Crippen LogP contribution in [-0.4, -0.2) is 83.1 Å². The van der Waals surface area contributed by atoms with Crippen molar-refractivity contribution >= 4 is 22.8 Å². The van der Waals surface area contributed by atoms with E-state index in [1.807, 2.05) is 33.2 Å². The number of carbonyl (C=O) groups is 1. The Morgan fingerprint density at radius 2 is 1.80 bits per heavy atom. The van der Waals surface area contributed by atoms with Crippen LogP contribution in [0.15, 0.2) is 30.5 Å². The Hall–Kier alpha value is -4.02. The second-order valence-electron chi connectivity index (χ2n) is 13.3. The molecule has 0 radical (unpaired) electrons. The standard InChI is InChI=1S/C32H36FN5O3.C4H10O/c1-19-22-7-6-14-41-31(22)26(33)16-23(19)30-24(18-29(39)40-5)20(2)35-32-25(30)17-27(37(32)4)21-8-9-34-28(15-21)38-12-10-36(3)11-13-38;1-4(2,3)5/h8-9,15-17H,6-7,10-14,18H2,1-5H3;5H,1-3H3. The number of fused-ring (bicyclic) bond motifs is 2. The summed E-state index contributed by atoms with van der Waals surface area (Å²) in [6.45, 7) is 13.5. The van der Waals surface area contributed by atoms with E-state index in [-0.39, 0.29) is 18.2 Å². The van der Waals surface area contributed by atoms with E-state index in [1.165, 1.54) is 7.11 Å². The van der Waals surface area contributed by atoms with Gasteiger partial charge in [0.2, 0.25) is 0 Å². The molecule has 0 spiro atoms. The highest BCUT2D eigenvalue weighted by molar-refractivity contribution is 6.01. The predicted octanol–water partition coefficient (Wildman–Crippen LogP) is 5.63. The van der Waals surface area contributed by atoms with E-state index in [0.29, 0.717) is 18.1 Å². The number of aliphatic hydroxyl groups is 1. The SMILES string of the molecule is CC(C)(C)O.COC(=O)Cc1c(C)nc2c(cc(-c3ccnc(N4CCN(C)CC4)c3)n2C)c1-c1cc(F)c2c(c1C)CCCO2. The molecule has 46 heavy (non-hydrogen) atoms. The third-order valence-corrected chi connectivity index (χ3v) is 8.61. The number of nitrogens with zero attached hydrogens (tertiary/aromatic N) is 5. The zero-order chi connectivity index (χ0) is 33.3. The van der Waals surface area contributed by atoms with E-state index in [1.54, 1.807) is 26.8 Å². The molecule has 2 aliphatic heterocycles. The minimum absolute atomic E-state index is 0.0439. The Morgan fingerprint density at radius 3 is 2.48 bits per heavy atom. The number of hydrogen-bond acceptors (Lipinski definition) is 8. The molecule has 0 unspecified atom stereocenters. The number of aryl methyl sites for hydroxylation is 2. The number of ether oxygens (including phenoxy) is 2. The highest BCUT2D eigenvalue weighted by Crippen LogP contribution is 2.43. The van der Waals surface area contributed by atoms with Crippen molar-refractivity contribution in [1.82, 2.24) is 19.4 Å². The Bertz CT molecular complexity index is 1750. The molecule has 10 heteroatoms. The molecule has 0 amide bonds. The Balaban J connectivity index is 0.000000775. The molecule has 0 aliphatic carbocycles. The van der Waals surface area contributed by atoms with Crippen molar-refractivity contribution in [2.24, 2.45) is 7.05 Å². The number of carbonyl (C=O) groups excluding carboxylic acids is 1. The van der Waals surface area contributed by atoms with Gasteiger partial charge in [0.05, 0.1) is 31.4 Å². The summed E-state index contributed by atoms with van der Waals surface area (Å²) in [6, 6.07) is 7.80. The van der Waals surface area contributed by atoms with Gasteiger partial charge in [0.25, 0.3) is 0 Å². The lowest BCUT2D eigenvalue weighted by Crippen LogP contribution is -2.44. The summed E-state index contributed by atoms with van der Waals surface area (Å²) in [4.78, 5) is 26.8. The molecule has 1 N–H and O–H groups in total. The molecular weight excluding hydrogens is 585 g/mol. The van der Waals surface area contributed by atoms with Gasteiger partial charge in [0.15, 0.2) is 11.6 Å². The van der Waals surface area contributed by atoms with Gasteiger partial charge in [0.1, 0.15) is 11.5 Å². The van der Waals surface area contributed by atoms with Crippen LogP contribution in [0.3, 0.4) is 0 Å². The molecule has 2 aliphatic rings. The van der Waals surface area contributed by atoms with Gasteiger partial charge >= 0.3 is 5.97 Å². The molecule has 1 aromatic carbocycles. The van der Waals surface area contributed by atoms with Crippen LogP contribution >= 0.6 is 0 Å². The van der Waals surface area contributed by atoms with E-state index in [2.05, 4.69) is 38.5 Å². The number of likely N-dealkylation sites (N-methyl/N-ethyl adjacent to an activating group) is 1. The number of methoxy groups -OCH3 is 1. The lowest BCUT2D eigenvalue weighted by atomic mass is 9.87. The Labute approximate surface area is 271 Å². The minimum Gasteiger partial charge on any atom is -0.490 e. The molecule has 6 rings (SSSR count). The van der Waals surface area contributed by atoms with Crippen LogP contribution in [0.4, 0.5) is 10.2 Å². The number of piperazine rings is 1. The largest absolute Gasteiger partial charge is 0.490 e. The lowest BCUT2D eigenvalue weighted by Gasteiger charge is -2.33. The van der Waals surface area contributed by atoms with Gasteiger partial charge in [-0.25, -0.2) is 14.4 Å². The first-order valence-electron chi connectivity index (χ1n) is 15.9. The topological polar surface area (TPSA) is 93.0 Å². The van der Waals surface area contributed by atoms with E-state index in [9.17, 15) is 4.79 Å². The first kappa shape index (κ1) is 33.3. The Kier molecular flexibility index (Phi) is 9.70. The summed E-state index contributed by atoms with van der Waals surface area (Å²) < 4.78 is 28.3. The third-order valence-electron chi connectivity index (χ3n) is 8.61. The maximum atomic E-state index is 15.5. The monoisotopic (exact) mass is 631 g/mol. The maximum absolute atomic E-state index is 15.5. The fourth-order valence-corrected chi connectivity index (χ4v) is 6.20. The quantitative estimate of drug-likeness (QED) is 0.284. The molecule has 0 saturated carbocycles. The zero-order valence-electron chi connectivity index (χ0n) is 28.3. The zero-order valence-corrected chi connectivity index (χ0v) is 28.3. The molecule has 5 heterocycles. The van der Waals surface area contributed by atoms with Gasteiger partial charge in [-0.15, -0.1) is 0 Å². The molecule has 3 aromatic heterocycles. The van der Waals surface area contributed by atoms with Gasteiger partial charge < -0.3 is 28.9 Å². The van der Waals surface area contributed by atoms with Crippen LogP contribution in [0.1, 0.15) is 49.6 Å². The summed E-state index contributed by atoms with van der Waals surface area (Å²) in [5, 5.41) is 9.39. The van der Waals surface area contributed by atoms with Crippen molar-refractivity contribution in [3.63, 3.8) is 0 Å². The van der Waals surface area contributed by atoms with Crippen molar-refractivity contribution in [3.05, 3.63) is 58.7 Å². The van der Waals surface area contributed by atoms with E-state index in [0.717, 1.165) is 94.9 Å². The average Bonchev–Trinajstić information content (AvgIpc) is 3.34. The van der Waals surface area contributed by atoms with E-state index in [4.69, 9.17) is 19.6 Å². The second-order valence-corrected chi connectivity index (χ2v) is 13.3. The number of benzene rings is 1. The van der Waals surface area contributed by atoms with Gasteiger partial charge in [0, 0.05) is 61.6 Å².